The Morgan fingerprint density at radius 2 is 2.06 bits per heavy atom. The molecule has 0 fully saturated rings. The third-order valence-electron chi connectivity index (χ3n) is 2.66. The average Bonchev–Trinajstić information content (AvgIpc) is 2.80. The Hall–Kier alpha value is -0.780. The summed E-state index contributed by atoms with van der Waals surface area (Å²) in [6.45, 7) is 1.51. The van der Waals surface area contributed by atoms with E-state index in [9.17, 15) is 0 Å². The van der Waals surface area contributed by atoms with Crippen LogP contribution in [0.15, 0.2) is 40.1 Å². The lowest BCUT2D eigenvalue weighted by molar-refractivity contribution is 0.185. The van der Waals surface area contributed by atoms with Crippen LogP contribution >= 0.6 is 27.7 Å². The standard InChI is InChI=1S/C13H15BrN2OS/c1-17-8-7-16-12(9-15-13(16)18-2)10-3-5-11(14)6-4-10/h3-6,9H,7-8H2,1-2H3. The minimum absolute atomic E-state index is 0.688. The molecule has 0 aliphatic heterocycles. The minimum atomic E-state index is 0.688. The molecule has 18 heavy (non-hydrogen) atoms. The van der Waals surface area contributed by atoms with E-state index < -0.39 is 0 Å². The third kappa shape index (κ3) is 2.96. The van der Waals surface area contributed by atoms with Gasteiger partial charge in [0.25, 0.3) is 0 Å². The first-order valence-corrected chi connectivity index (χ1v) is 7.62. The molecule has 2 aromatic rings. The number of hydrogen-bond acceptors (Lipinski definition) is 3. The van der Waals surface area contributed by atoms with Crippen LogP contribution in [-0.4, -0.2) is 29.5 Å². The van der Waals surface area contributed by atoms with Crippen LogP contribution in [-0.2, 0) is 11.3 Å². The second-order valence-electron chi connectivity index (χ2n) is 3.78. The van der Waals surface area contributed by atoms with Crippen LogP contribution in [0.3, 0.4) is 0 Å². The van der Waals surface area contributed by atoms with E-state index in [0.717, 1.165) is 21.9 Å². The van der Waals surface area contributed by atoms with Crippen molar-refractivity contribution in [2.45, 2.75) is 11.7 Å². The number of methoxy groups -OCH3 is 1. The van der Waals surface area contributed by atoms with E-state index in [-0.39, 0.29) is 0 Å². The van der Waals surface area contributed by atoms with Gasteiger partial charge < -0.3 is 9.30 Å². The summed E-state index contributed by atoms with van der Waals surface area (Å²) >= 11 is 5.10. The van der Waals surface area contributed by atoms with Gasteiger partial charge in [0.05, 0.1) is 18.5 Å². The minimum Gasteiger partial charge on any atom is -0.383 e. The summed E-state index contributed by atoms with van der Waals surface area (Å²) in [6, 6.07) is 8.27. The summed E-state index contributed by atoms with van der Waals surface area (Å²) in [5.74, 6) is 0. The topological polar surface area (TPSA) is 27.1 Å². The lowest BCUT2D eigenvalue weighted by Crippen LogP contribution is -2.06. The number of rotatable bonds is 5. The Kier molecular flexibility index (Phi) is 4.86. The van der Waals surface area contributed by atoms with Gasteiger partial charge in [0.1, 0.15) is 0 Å². The van der Waals surface area contributed by atoms with Crippen LogP contribution in [0, 0.1) is 0 Å². The number of aromatic nitrogens is 2. The molecule has 0 atom stereocenters. The molecule has 0 aliphatic carbocycles. The zero-order chi connectivity index (χ0) is 13.0. The molecule has 0 spiro atoms. The zero-order valence-electron chi connectivity index (χ0n) is 10.4. The lowest BCUT2D eigenvalue weighted by atomic mass is 10.2. The molecule has 0 saturated carbocycles. The van der Waals surface area contributed by atoms with Gasteiger partial charge in [-0.2, -0.15) is 0 Å². The Labute approximate surface area is 120 Å². The van der Waals surface area contributed by atoms with E-state index in [1.807, 2.05) is 24.6 Å². The van der Waals surface area contributed by atoms with Gasteiger partial charge in [-0.05, 0) is 24.0 Å². The van der Waals surface area contributed by atoms with Crippen LogP contribution in [0.2, 0.25) is 0 Å². The van der Waals surface area contributed by atoms with E-state index in [1.165, 1.54) is 5.56 Å². The molecule has 0 bridgehead atoms. The lowest BCUT2D eigenvalue weighted by Gasteiger charge is -2.10. The molecule has 0 unspecified atom stereocenters. The Morgan fingerprint density at radius 3 is 2.67 bits per heavy atom. The number of imidazole rings is 1. The Morgan fingerprint density at radius 1 is 1.33 bits per heavy atom. The van der Waals surface area contributed by atoms with Crippen molar-refractivity contribution < 1.29 is 4.74 Å². The summed E-state index contributed by atoms with van der Waals surface area (Å²) < 4.78 is 8.43. The van der Waals surface area contributed by atoms with Crippen molar-refractivity contribution in [1.29, 1.82) is 0 Å². The maximum Gasteiger partial charge on any atom is 0.168 e. The number of benzene rings is 1. The molecular weight excluding hydrogens is 312 g/mol. The highest BCUT2D eigenvalue weighted by molar-refractivity contribution is 9.10. The first kappa shape index (κ1) is 13.6. The first-order valence-electron chi connectivity index (χ1n) is 5.60. The quantitative estimate of drug-likeness (QED) is 0.784. The van der Waals surface area contributed by atoms with Crippen molar-refractivity contribution in [2.75, 3.05) is 20.0 Å². The largest absolute Gasteiger partial charge is 0.383 e. The molecule has 0 radical (unpaired) electrons. The molecule has 0 saturated heterocycles. The molecule has 0 N–H and O–H groups in total. The van der Waals surface area contributed by atoms with Gasteiger partial charge in [0.2, 0.25) is 0 Å². The van der Waals surface area contributed by atoms with Crippen molar-refractivity contribution in [2.24, 2.45) is 0 Å². The smallest absolute Gasteiger partial charge is 0.168 e. The number of ether oxygens (including phenoxy) is 1. The fourth-order valence-corrected chi connectivity index (χ4v) is 2.60. The molecule has 1 aromatic carbocycles. The van der Waals surface area contributed by atoms with Crippen LogP contribution in [0.5, 0.6) is 0 Å². The van der Waals surface area contributed by atoms with Crippen molar-refractivity contribution >= 4 is 27.7 Å². The maximum absolute atomic E-state index is 5.16. The van der Waals surface area contributed by atoms with E-state index >= 15 is 0 Å². The molecule has 0 aliphatic rings. The molecule has 1 aromatic heterocycles. The van der Waals surface area contributed by atoms with E-state index in [0.29, 0.717) is 6.61 Å². The SMILES string of the molecule is COCCn1c(-c2ccc(Br)cc2)cnc1SC. The molecule has 1 heterocycles. The average molecular weight is 327 g/mol. The summed E-state index contributed by atoms with van der Waals surface area (Å²) in [5, 5.41) is 1.02. The molecule has 5 heteroatoms. The second kappa shape index (κ2) is 6.41. The normalized spacial score (nSPS) is 10.8. The third-order valence-corrected chi connectivity index (χ3v) is 3.88. The zero-order valence-corrected chi connectivity index (χ0v) is 12.8. The predicted molar refractivity (Wildman–Crippen MR) is 79.0 cm³/mol. The van der Waals surface area contributed by atoms with Gasteiger partial charge in [0, 0.05) is 18.1 Å². The fourth-order valence-electron chi connectivity index (χ4n) is 1.77. The molecule has 0 amide bonds. The number of thioether (sulfide) groups is 1. The summed E-state index contributed by atoms with van der Waals surface area (Å²) in [5.41, 5.74) is 2.30. The van der Waals surface area contributed by atoms with Crippen LogP contribution in [0.1, 0.15) is 0 Å². The highest BCUT2D eigenvalue weighted by atomic mass is 79.9. The number of hydrogen-bond donors (Lipinski definition) is 0. The molecule has 2 rings (SSSR count). The van der Waals surface area contributed by atoms with Gasteiger partial charge in [-0.3, -0.25) is 0 Å². The fraction of sp³-hybridized carbons (Fsp3) is 0.308. The Balaban J connectivity index is 2.37. The van der Waals surface area contributed by atoms with Crippen molar-refractivity contribution in [3.05, 3.63) is 34.9 Å². The summed E-state index contributed by atoms with van der Waals surface area (Å²) in [6.07, 6.45) is 3.96. The highest BCUT2D eigenvalue weighted by Gasteiger charge is 2.10. The molecule has 96 valence electrons. The van der Waals surface area contributed by atoms with Gasteiger partial charge in [-0.1, -0.05) is 39.8 Å². The maximum atomic E-state index is 5.16. The van der Waals surface area contributed by atoms with E-state index in [1.54, 1.807) is 18.9 Å². The number of nitrogens with zero attached hydrogens (tertiary/aromatic N) is 2. The van der Waals surface area contributed by atoms with E-state index in [4.69, 9.17) is 4.74 Å². The highest BCUT2D eigenvalue weighted by Crippen LogP contribution is 2.26. The van der Waals surface area contributed by atoms with Crippen LogP contribution in [0.4, 0.5) is 0 Å². The Bertz CT molecular complexity index is 510. The van der Waals surface area contributed by atoms with Gasteiger partial charge >= 0.3 is 0 Å². The predicted octanol–water partition coefficient (Wildman–Crippen LogP) is 3.68. The van der Waals surface area contributed by atoms with Crippen molar-refractivity contribution in [3.8, 4) is 11.3 Å². The monoisotopic (exact) mass is 326 g/mol. The second-order valence-corrected chi connectivity index (χ2v) is 5.47. The van der Waals surface area contributed by atoms with Gasteiger partial charge in [-0.25, -0.2) is 4.98 Å². The van der Waals surface area contributed by atoms with Gasteiger partial charge in [-0.15, -0.1) is 0 Å². The first-order chi connectivity index (χ1) is 8.76. The van der Waals surface area contributed by atoms with Gasteiger partial charge in [0.15, 0.2) is 5.16 Å². The van der Waals surface area contributed by atoms with Crippen LogP contribution < -0.4 is 0 Å². The van der Waals surface area contributed by atoms with Crippen molar-refractivity contribution in [1.82, 2.24) is 9.55 Å². The van der Waals surface area contributed by atoms with E-state index in [2.05, 4.69) is 37.6 Å². The molecule has 3 nitrogen and oxygen atoms in total. The molecular formula is C13H15BrN2OS. The summed E-state index contributed by atoms with van der Waals surface area (Å²) in [7, 11) is 1.72. The van der Waals surface area contributed by atoms with Crippen LogP contribution in [0.25, 0.3) is 11.3 Å². The number of halogens is 1. The van der Waals surface area contributed by atoms with Crippen molar-refractivity contribution in [3.63, 3.8) is 0 Å². The summed E-state index contributed by atoms with van der Waals surface area (Å²) in [4.78, 5) is 4.44.